The lowest BCUT2D eigenvalue weighted by Gasteiger charge is -1.96. The standard InChI is InChI=1S/C9H10N2O4/c1-5-6(2)11-15-9(5)10-7(12)3-4-8(13)14/h3-4H,1-2H3,(H,10,12)(H,13,14). The Morgan fingerprint density at radius 3 is 2.53 bits per heavy atom. The predicted octanol–water partition coefficient (Wildman–Crippen LogP) is 0.871. The van der Waals surface area contributed by atoms with Crippen molar-refractivity contribution in [3.63, 3.8) is 0 Å². The summed E-state index contributed by atoms with van der Waals surface area (Å²) in [7, 11) is 0. The van der Waals surface area contributed by atoms with E-state index in [1.807, 2.05) is 0 Å². The Morgan fingerprint density at radius 2 is 2.07 bits per heavy atom. The van der Waals surface area contributed by atoms with Gasteiger partial charge in [-0.25, -0.2) is 4.79 Å². The summed E-state index contributed by atoms with van der Waals surface area (Å²) in [5.41, 5.74) is 1.39. The molecule has 0 aromatic carbocycles. The molecule has 0 saturated carbocycles. The summed E-state index contributed by atoms with van der Waals surface area (Å²) in [6.07, 6.45) is 1.65. The van der Waals surface area contributed by atoms with Gasteiger partial charge in [0, 0.05) is 17.7 Å². The topological polar surface area (TPSA) is 92.4 Å². The van der Waals surface area contributed by atoms with Crippen LogP contribution in [0.25, 0.3) is 0 Å². The summed E-state index contributed by atoms with van der Waals surface area (Å²) in [4.78, 5) is 21.3. The van der Waals surface area contributed by atoms with Crippen molar-refractivity contribution < 1.29 is 19.2 Å². The zero-order valence-electron chi connectivity index (χ0n) is 8.27. The van der Waals surface area contributed by atoms with E-state index in [1.165, 1.54) is 0 Å². The normalized spacial score (nSPS) is 10.5. The van der Waals surface area contributed by atoms with E-state index in [1.54, 1.807) is 13.8 Å². The number of aryl methyl sites for hydroxylation is 1. The Hall–Kier alpha value is -2.11. The van der Waals surface area contributed by atoms with E-state index in [9.17, 15) is 9.59 Å². The van der Waals surface area contributed by atoms with Crippen LogP contribution in [0.5, 0.6) is 0 Å². The molecule has 0 spiro atoms. The van der Waals surface area contributed by atoms with Crippen LogP contribution >= 0.6 is 0 Å². The van der Waals surface area contributed by atoms with Gasteiger partial charge in [-0.05, 0) is 13.8 Å². The molecule has 0 fully saturated rings. The first-order valence-electron chi connectivity index (χ1n) is 4.15. The Morgan fingerprint density at radius 1 is 1.40 bits per heavy atom. The highest BCUT2D eigenvalue weighted by Gasteiger charge is 2.09. The number of carboxylic acids is 1. The molecule has 1 aromatic rings. The van der Waals surface area contributed by atoms with E-state index in [-0.39, 0.29) is 5.88 Å². The minimum atomic E-state index is -1.18. The quantitative estimate of drug-likeness (QED) is 0.722. The maximum Gasteiger partial charge on any atom is 0.328 e. The summed E-state index contributed by atoms with van der Waals surface area (Å²) in [5.74, 6) is -1.53. The first kappa shape index (κ1) is 11.0. The third kappa shape index (κ3) is 2.94. The summed E-state index contributed by atoms with van der Waals surface area (Å²) in [6.45, 7) is 3.48. The fourth-order valence-electron chi connectivity index (χ4n) is 0.832. The number of anilines is 1. The molecule has 1 rings (SSSR count). The average molecular weight is 210 g/mol. The summed E-state index contributed by atoms with van der Waals surface area (Å²) in [5, 5.41) is 14.3. The maximum atomic E-state index is 11.1. The van der Waals surface area contributed by atoms with Gasteiger partial charge in [-0.3, -0.25) is 10.1 Å². The van der Waals surface area contributed by atoms with Gasteiger partial charge in [-0.15, -0.1) is 0 Å². The molecule has 2 N–H and O–H groups in total. The Labute approximate surface area is 85.6 Å². The lowest BCUT2D eigenvalue weighted by atomic mass is 10.3. The number of hydrogen-bond donors (Lipinski definition) is 2. The zero-order chi connectivity index (χ0) is 11.4. The SMILES string of the molecule is Cc1noc(NC(=O)C=CC(=O)O)c1C. The fourth-order valence-corrected chi connectivity index (χ4v) is 0.832. The van der Waals surface area contributed by atoms with E-state index in [0.717, 1.165) is 12.2 Å². The fraction of sp³-hybridized carbons (Fsp3) is 0.222. The van der Waals surface area contributed by atoms with Crippen molar-refractivity contribution in [2.75, 3.05) is 5.32 Å². The molecule has 0 unspecified atom stereocenters. The van der Waals surface area contributed by atoms with Crippen molar-refractivity contribution in [1.29, 1.82) is 0 Å². The zero-order valence-corrected chi connectivity index (χ0v) is 8.27. The lowest BCUT2D eigenvalue weighted by molar-refractivity contribution is -0.131. The highest BCUT2D eigenvalue weighted by Crippen LogP contribution is 2.16. The second kappa shape index (κ2) is 4.41. The van der Waals surface area contributed by atoms with Crippen LogP contribution in [0.3, 0.4) is 0 Å². The predicted molar refractivity (Wildman–Crippen MR) is 51.4 cm³/mol. The molecule has 0 aliphatic heterocycles. The summed E-state index contributed by atoms with van der Waals surface area (Å²) < 4.78 is 4.81. The first-order valence-corrected chi connectivity index (χ1v) is 4.15. The number of carbonyl (C=O) groups is 2. The Balaban J connectivity index is 2.67. The van der Waals surface area contributed by atoms with Gasteiger partial charge < -0.3 is 9.63 Å². The number of hydrogen-bond acceptors (Lipinski definition) is 4. The number of carbonyl (C=O) groups excluding carboxylic acids is 1. The molecule has 0 radical (unpaired) electrons. The van der Waals surface area contributed by atoms with Gasteiger partial charge in [0.25, 0.3) is 5.91 Å². The molecule has 6 heteroatoms. The van der Waals surface area contributed by atoms with Gasteiger partial charge in [-0.2, -0.15) is 0 Å². The molecule has 1 aromatic heterocycles. The van der Waals surface area contributed by atoms with Crippen LogP contribution in [0.1, 0.15) is 11.3 Å². The monoisotopic (exact) mass is 210 g/mol. The third-order valence-corrected chi connectivity index (χ3v) is 1.77. The highest BCUT2D eigenvalue weighted by molar-refractivity contribution is 6.01. The first-order chi connectivity index (χ1) is 7.00. The average Bonchev–Trinajstić information content (AvgIpc) is 2.47. The van der Waals surface area contributed by atoms with Crippen LogP contribution in [0.4, 0.5) is 5.88 Å². The smallest absolute Gasteiger partial charge is 0.328 e. The Bertz CT molecular complexity index is 420. The molecular formula is C9H10N2O4. The number of nitrogens with zero attached hydrogens (tertiary/aromatic N) is 1. The molecule has 0 atom stereocenters. The third-order valence-electron chi connectivity index (χ3n) is 1.77. The molecule has 15 heavy (non-hydrogen) atoms. The summed E-state index contributed by atoms with van der Waals surface area (Å²) >= 11 is 0. The highest BCUT2D eigenvalue weighted by atomic mass is 16.5. The van der Waals surface area contributed by atoms with Gasteiger partial charge in [0.2, 0.25) is 5.88 Å². The number of rotatable bonds is 3. The Kier molecular flexibility index (Phi) is 3.22. The number of aromatic nitrogens is 1. The number of aliphatic carboxylic acids is 1. The summed E-state index contributed by atoms with van der Waals surface area (Å²) in [6, 6.07) is 0. The van der Waals surface area contributed by atoms with Crippen LogP contribution in [0, 0.1) is 13.8 Å². The van der Waals surface area contributed by atoms with Crippen molar-refractivity contribution in [3.05, 3.63) is 23.4 Å². The van der Waals surface area contributed by atoms with E-state index < -0.39 is 11.9 Å². The van der Waals surface area contributed by atoms with Crippen LogP contribution in [-0.2, 0) is 9.59 Å². The van der Waals surface area contributed by atoms with Crippen LogP contribution in [-0.4, -0.2) is 22.1 Å². The van der Waals surface area contributed by atoms with Crippen molar-refractivity contribution in [1.82, 2.24) is 5.16 Å². The van der Waals surface area contributed by atoms with E-state index in [2.05, 4.69) is 10.5 Å². The molecule has 1 heterocycles. The minimum Gasteiger partial charge on any atom is -0.478 e. The van der Waals surface area contributed by atoms with E-state index in [0.29, 0.717) is 11.3 Å². The van der Waals surface area contributed by atoms with Crippen molar-refractivity contribution in [3.8, 4) is 0 Å². The second-order valence-corrected chi connectivity index (χ2v) is 2.88. The van der Waals surface area contributed by atoms with Crippen molar-refractivity contribution in [2.24, 2.45) is 0 Å². The van der Waals surface area contributed by atoms with Crippen molar-refractivity contribution in [2.45, 2.75) is 13.8 Å². The number of nitrogens with one attached hydrogen (secondary N) is 1. The van der Waals surface area contributed by atoms with E-state index >= 15 is 0 Å². The molecule has 0 saturated heterocycles. The van der Waals surface area contributed by atoms with Gasteiger partial charge in [-0.1, -0.05) is 5.16 Å². The van der Waals surface area contributed by atoms with Crippen LogP contribution < -0.4 is 5.32 Å². The second-order valence-electron chi connectivity index (χ2n) is 2.88. The minimum absolute atomic E-state index is 0.229. The number of amides is 1. The lowest BCUT2D eigenvalue weighted by Crippen LogP contribution is -2.08. The van der Waals surface area contributed by atoms with Crippen LogP contribution in [0.15, 0.2) is 16.7 Å². The molecule has 80 valence electrons. The largest absolute Gasteiger partial charge is 0.478 e. The van der Waals surface area contributed by atoms with Crippen molar-refractivity contribution >= 4 is 17.8 Å². The molecule has 1 amide bonds. The van der Waals surface area contributed by atoms with E-state index in [4.69, 9.17) is 9.63 Å². The molecule has 0 aliphatic carbocycles. The van der Waals surface area contributed by atoms with Gasteiger partial charge in [0.05, 0.1) is 5.69 Å². The maximum absolute atomic E-state index is 11.1. The molecule has 0 bridgehead atoms. The van der Waals surface area contributed by atoms with Gasteiger partial charge in [0.15, 0.2) is 0 Å². The molecule has 0 aliphatic rings. The molecule has 6 nitrogen and oxygen atoms in total. The number of carboxylic acid groups (broad SMARTS) is 1. The van der Waals surface area contributed by atoms with Gasteiger partial charge in [0.1, 0.15) is 0 Å². The van der Waals surface area contributed by atoms with Crippen LogP contribution in [0.2, 0.25) is 0 Å². The van der Waals surface area contributed by atoms with Gasteiger partial charge >= 0.3 is 5.97 Å². The molecular weight excluding hydrogens is 200 g/mol.